The van der Waals surface area contributed by atoms with Crippen molar-refractivity contribution in [1.82, 2.24) is 10.3 Å². The first-order chi connectivity index (χ1) is 9.11. The average molecular weight is 258 g/mol. The monoisotopic (exact) mass is 258 g/mol. The lowest BCUT2D eigenvalue weighted by Crippen LogP contribution is -2.25. The van der Waals surface area contributed by atoms with Gasteiger partial charge in [-0.2, -0.15) is 0 Å². The van der Waals surface area contributed by atoms with Crippen LogP contribution in [0.4, 0.5) is 0 Å². The van der Waals surface area contributed by atoms with Crippen molar-refractivity contribution in [2.75, 3.05) is 6.54 Å². The third-order valence-corrected chi connectivity index (χ3v) is 3.45. The number of H-pyrrole nitrogens is 1. The van der Waals surface area contributed by atoms with Crippen LogP contribution in [0, 0.1) is 13.8 Å². The van der Waals surface area contributed by atoms with Crippen LogP contribution < -0.4 is 5.32 Å². The minimum atomic E-state index is 0.149. The first-order valence-corrected chi connectivity index (χ1v) is 6.96. The topological polar surface area (TPSA) is 44.9 Å². The number of fused-ring (bicyclic) bond motifs is 1. The maximum absolute atomic E-state index is 11.5. The number of benzene rings is 1. The van der Waals surface area contributed by atoms with E-state index in [2.05, 4.69) is 42.3 Å². The van der Waals surface area contributed by atoms with Gasteiger partial charge in [0.05, 0.1) is 0 Å². The van der Waals surface area contributed by atoms with Crippen LogP contribution in [0.15, 0.2) is 18.2 Å². The molecule has 0 radical (unpaired) electrons. The van der Waals surface area contributed by atoms with E-state index in [9.17, 15) is 4.79 Å². The molecule has 2 aromatic rings. The van der Waals surface area contributed by atoms with Crippen molar-refractivity contribution in [3.05, 3.63) is 35.0 Å². The molecule has 0 bridgehead atoms. The zero-order chi connectivity index (χ0) is 13.8. The molecule has 0 fully saturated rings. The molecule has 0 aliphatic carbocycles. The van der Waals surface area contributed by atoms with Crippen molar-refractivity contribution in [3.63, 3.8) is 0 Å². The summed E-state index contributed by atoms with van der Waals surface area (Å²) >= 11 is 0. The average Bonchev–Trinajstić information content (AvgIpc) is 2.66. The van der Waals surface area contributed by atoms with Gasteiger partial charge in [-0.05, 0) is 44.4 Å². The zero-order valence-electron chi connectivity index (χ0n) is 12.0. The standard InChI is InChI=1S/C16H22N2O/c1-4-5-16(19)17-9-8-13-12(3)18-15-7-6-11(2)10-14(13)15/h6-7,10,18H,4-5,8-9H2,1-3H3,(H,17,19). The summed E-state index contributed by atoms with van der Waals surface area (Å²) in [5.74, 6) is 0.149. The van der Waals surface area contributed by atoms with E-state index in [0.717, 1.165) is 12.8 Å². The van der Waals surface area contributed by atoms with E-state index < -0.39 is 0 Å². The van der Waals surface area contributed by atoms with Crippen LogP contribution in [-0.2, 0) is 11.2 Å². The molecule has 1 aromatic carbocycles. The molecule has 0 aliphatic rings. The molecule has 102 valence electrons. The van der Waals surface area contributed by atoms with Crippen molar-refractivity contribution in [2.24, 2.45) is 0 Å². The Morgan fingerprint density at radius 1 is 1.32 bits per heavy atom. The minimum Gasteiger partial charge on any atom is -0.358 e. The number of nitrogens with one attached hydrogen (secondary N) is 2. The second kappa shape index (κ2) is 5.91. The van der Waals surface area contributed by atoms with Crippen molar-refractivity contribution in [3.8, 4) is 0 Å². The largest absolute Gasteiger partial charge is 0.358 e. The number of rotatable bonds is 5. The third kappa shape index (κ3) is 3.16. The molecule has 19 heavy (non-hydrogen) atoms. The highest BCUT2D eigenvalue weighted by atomic mass is 16.1. The Morgan fingerprint density at radius 3 is 2.84 bits per heavy atom. The highest BCUT2D eigenvalue weighted by Gasteiger charge is 2.08. The number of aryl methyl sites for hydroxylation is 2. The number of aromatic nitrogens is 1. The van der Waals surface area contributed by atoms with E-state index in [1.165, 1.54) is 27.7 Å². The number of hydrogen-bond donors (Lipinski definition) is 2. The number of carbonyl (C=O) groups excluding carboxylic acids is 1. The normalized spacial score (nSPS) is 10.9. The lowest BCUT2D eigenvalue weighted by Gasteiger charge is -2.05. The fourth-order valence-electron chi connectivity index (χ4n) is 2.46. The van der Waals surface area contributed by atoms with Crippen LogP contribution in [0.1, 0.15) is 36.6 Å². The van der Waals surface area contributed by atoms with E-state index in [1.54, 1.807) is 0 Å². The predicted octanol–water partition coefficient (Wildman–Crippen LogP) is 3.24. The summed E-state index contributed by atoms with van der Waals surface area (Å²) in [5, 5.41) is 4.26. The molecule has 0 saturated heterocycles. The van der Waals surface area contributed by atoms with E-state index in [0.29, 0.717) is 13.0 Å². The lowest BCUT2D eigenvalue weighted by molar-refractivity contribution is -0.121. The maximum atomic E-state index is 11.5. The van der Waals surface area contributed by atoms with Crippen LogP contribution in [0.3, 0.4) is 0 Å². The molecule has 0 atom stereocenters. The second-order valence-corrected chi connectivity index (χ2v) is 5.13. The number of hydrogen-bond acceptors (Lipinski definition) is 1. The molecule has 0 saturated carbocycles. The van der Waals surface area contributed by atoms with Gasteiger partial charge < -0.3 is 10.3 Å². The van der Waals surface area contributed by atoms with Crippen LogP contribution in [0.2, 0.25) is 0 Å². The molecule has 0 aliphatic heterocycles. The number of aromatic amines is 1. The first-order valence-electron chi connectivity index (χ1n) is 6.96. The van der Waals surface area contributed by atoms with Gasteiger partial charge in [0.1, 0.15) is 0 Å². The highest BCUT2D eigenvalue weighted by Crippen LogP contribution is 2.23. The molecular formula is C16H22N2O. The van der Waals surface area contributed by atoms with Crippen molar-refractivity contribution < 1.29 is 4.79 Å². The molecule has 3 heteroatoms. The second-order valence-electron chi connectivity index (χ2n) is 5.13. The van der Waals surface area contributed by atoms with E-state index in [1.807, 2.05) is 6.92 Å². The van der Waals surface area contributed by atoms with Crippen LogP contribution in [0.25, 0.3) is 10.9 Å². The van der Waals surface area contributed by atoms with Gasteiger partial charge in [0, 0.05) is 29.6 Å². The molecule has 0 spiro atoms. The molecule has 2 N–H and O–H groups in total. The van der Waals surface area contributed by atoms with Crippen molar-refractivity contribution in [2.45, 2.75) is 40.0 Å². The van der Waals surface area contributed by atoms with E-state index >= 15 is 0 Å². The predicted molar refractivity (Wildman–Crippen MR) is 79.4 cm³/mol. The van der Waals surface area contributed by atoms with Crippen molar-refractivity contribution in [1.29, 1.82) is 0 Å². The highest BCUT2D eigenvalue weighted by molar-refractivity contribution is 5.85. The summed E-state index contributed by atoms with van der Waals surface area (Å²) in [6.07, 6.45) is 2.40. The van der Waals surface area contributed by atoms with Crippen LogP contribution in [-0.4, -0.2) is 17.4 Å². The SMILES string of the molecule is CCCC(=O)NCCc1c(C)[nH]c2ccc(C)cc12. The summed E-state index contributed by atoms with van der Waals surface area (Å²) in [6.45, 7) is 6.93. The zero-order valence-corrected chi connectivity index (χ0v) is 12.0. The van der Waals surface area contributed by atoms with Gasteiger partial charge in [-0.3, -0.25) is 4.79 Å². The smallest absolute Gasteiger partial charge is 0.219 e. The molecule has 3 nitrogen and oxygen atoms in total. The summed E-state index contributed by atoms with van der Waals surface area (Å²) in [7, 11) is 0. The van der Waals surface area contributed by atoms with Gasteiger partial charge in [-0.1, -0.05) is 18.6 Å². The Balaban J connectivity index is 2.09. The minimum absolute atomic E-state index is 0.149. The molecule has 1 heterocycles. The van der Waals surface area contributed by atoms with E-state index in [-0.39, 0.29) is 5.91 Å². The maximum Gasteiger partial charge on any atom is 0.219 e. The van der Waals surface area contributed by atoms with Gasteiger partial charge in [0.15, 0.2) is 0 Å². The quantitative estimate of drug-likeness (QED) is 0.849. The molecule has 1 aromatic heterocycles. The first kappa shape index (κ1) is 13.7. The van der Waals surface area contributed by atoms with Gasteiger partial charge in [0.2, 0.25) is 5.91 Å². The Kier molecular flexibility index (Phi) is 4.25. The number of amides is 1. The summed E-state index contributed by atoms with van der Waals surface area (Å²) < 4.78 is 0. The summed E-state index contributed by atoms with van der Waals surface area (Å²) in [6, 6.07) is 6.45. The summed E-state index contributed by atoms with van der Waals surface area (Å²) in [4.78, 5) is 14.9. The molecular weight excluding hydrogens is 236 g/mol. The lowest BCUT2D eigenvalue weighted by atomic mass is 10.1. The fourth-order valence-corrected chi connectivity index (χ4v) is 2.46. The molecule has 0 unspecified atom stereocenters. The summed E-state index contributed by atoms with van der Waals surface area (Å²) in [5.41, 5.74) is 4.96. The van der Waals surface area contributed by atoms with Crippen molar-refractivity contribution >= 4 is 16.8 Å². The van der Waals surface area contributed by atoms with Crippen LogP contribution >= 0.6 is 0 Å². The third-order valence-electron chi connectivity index (χ3n) is 3.45. The van der Waals surface area contributed by atoms with E-state index in [4.69, 9.17) is 0 Å². The van der Waals surface area contributed by atoms with Gasteiger partial charge in [0.25, 0.3) is 0 Å². The Labute approximate surface area is 114 Å². The van der Waals surface area contributed by atoms with Gasteiger partial charge in [-0.15, -0.1) is 0 Å². The van der Waals surface area contributed by atoms with Gasteiger partial charge in [-0.25, -0.2) is 0 Å². The molecule has 1 amide bonds. The van der Waals surface area contributed by atoms with Gasteiger partial charge >= 0.3 is 0 Å². The fraction of sp³-hybridized carbons (Fsp3) is 0.438. The Bertz CT molecular complexity index is 584. The Hall–Kier alpha value is -1.77. The molecule has 2 rings (SSSR count). The van der Waals surface area contributed by atoms with Crippen LogP contribution in [0.5, 0.6) is 0 Å². The number of carbonyl (C=O) groups is 1. The Morgan fingerprint density at radius 2 is 2.11 bits per heavy atom.